The number of rotatable bonds is 24. The first-order valence-corrected chi connectivity index (χ1v) is 26.2. The van der Waals surface area contributed by atoms with Gasteiger partial charge in [0, 0.05) is 73.1 Å². The number of benzene rings is 2. The van der Waals surface area contributed by atoms with Gasteiger partial charge in [0.05, 0.1) is 12.5 Å². The minimum absolute atomic E-state index is 0.0241. The Morgan fingerprint density at radius 3 is 1.57 bits per heavy atom. The van der Waals surface area contributed by atoms with Crippen LogP contribution in [0.4, 0.5) is 0 Å². The molecule has 25 heteroatoms. The van der Waals surface area contributed by atoms with Gasteiger partial charge in [-0.25, -0.2) is 0 Å². The smallest absolute Gasteiger partial charge is 0.245 e. The average Bonchev–Trinajstić information content (AvgIpc) is 4.00. The van der Waals surface area contributed by atoms with Crippen LogP contribution >= 0.6 is 0 Å². The fourth-order valence-corrected chi connectivity index (χ4v) is 9.02. The molecule has 8 amide bonds. The Bertz CT molecular complexity index is 2710. The molecular formula is C52H76N16O9. The number of hydrogen-bond acceptors (Lipinski definition) is 11. The van der Waals surface area contributed by atoms with Crippen molar-refractivity contribution in [2.24, 2.45) is 38.7 Å². The van der Waals surface area contributed by atoms with Gasteiger partial charge in [-0.3, -0.25) is 48.3 Å². The lowest BCUT2D eigenvalue weighted by molar-refractivity contribution is -0.136. The maximum absolute atomic E-state index is 14.9. The van der Waals surface area contributed by atoms with E-state index in [0.717, 1.165) is 73.2 Å². The second-order valence-electron chi connectivity index (χ2n) is 19.3. The van der Waals surface area contributed by atoms with Crippen molar-refractivity contribution in [1.29, 1.82) is 0 Å². The van der Waals surface area contributed by atoms with Gasteiger partial charge in [0.2, 0.25) is 47.3 Å². The summed E-state index contributed by atoms with van der Waals surface area (Å²) in [7, 11) is 0. The molecule has 1 aliphatic rings. The first kappa shape index (κ1) is 59.7. The number of aliphatic hydroxyl groups excluding tert-OH is 1. The van der Waals surface area contributed by atoms with E-state index in [-0.39, 0.29) is 50.6 Å². The molecule has 0 spiro atoms. The molecule has 20 N–H and O–H groups in total. The standard InChI is InChI=1S/C52H76N16O9/c1-30(69)44-50(77)62-29-41(63-43(71)21-9-7-5-3-2-4-6-8-14-22-58-51(54)55)49(76)66-39(25-32-28-61-36-19-13-11-17-34(32)36)47(74)65-38(24-31-27-60-35-18-12-10-16-33(31)35)46(73)64-37(20-15-23-59-52(56)57)45(72)67-40(26-42(53)70)48(75)68-44/h10-13,16-19,27-28,30,37-41,44,60-61,69H,2-9,14-15,20-26,29H2,1H3,(H2,53,70)(H,62,77)(H,63,71)(H,64,73)(H,65,74)(H,66,76)(H,67,72)(H,68,75)(H4,54,55,58)(H4,56,57,59)/t30-,37-,38+,39-,40-,41?,44-/m1/s1. The molecule has 1 fully saturated rings. The lowest BCUT2D eigenvalue weighted by Gasteiger charge is -2.27. The van der Waals surface area contributed by atoms with Crippen LogP contribution in [0.5, 0.6) is 0 Å². The van der Waals surface area contributed by atoms with Crippen molar-refractivity contribution in [2.45, 2.75) is 146 Å². The van der Waals surface area contributed by atoms with E-state index in [0.29, 0.717) is 24.1 Å². The second-order valence-corrected chi connectivity index (χ2v) is 19.3. The molecule has 2 aromatic heterocycles. The fourth-order valence-electron chi connectivity index (χ4n) is 9.02. The quantitative estimate of drug-likeness (QED) is 0.0227. The molecule has 418 valence electrons. The molecule has 1 aliphatic heterocycles. The molecule has 0 bridgehead atoms. The fraction of sp³-hybridized carbons (Fsp3) is 0.500. The maximum Gasteiger partial charge on any atom is 0.245 e. The van der Waals surface area contributed by atoms with E-state index in [4.69, 9.17) is 28.7 Å². The number of para-hydroxylation sites is 2. The van der Waals surface area contributed by atoms with Crippen LogP contribution in [0.3, 0.4) is 0 Å². The number of nitrogens with two attached hydrogens (primary N) is 5. The van der Waals surface area contributed by atoms with Crippen LogP contribution in [0.25, 0.3) is 21.8 Å². The highest BCUT2D eigenvalue weighted by atomic mass is 16.3. The van der Waals surface area contributed by atoms with Crippen LogP contribution in [0.2, 0.25) is 0 Å². The predicted molar refractivity (Wildman–Crippen MR) is 291 cm³/mol. The number of hydrogen-bond donors (Lipinski definition) is 15. The van der Waals surface area contributed by atoms with Crippen molar-refractivity contribution in [3.05, 3.63) is 72.1 Å². The monoisotopic (exact) mass is 1070 g/mol. The second kappa shape index (κ2) is 30.4. The van der Waals surface area contributed by atoms with Gasteiger partial charge in [0.25, 0.3) is 0 Å². The Kier molecular flexibility index (Phi) is 23.5. The zero-order valence-corrected chi connectivity index (χ0v) is 43.5. The highest BCUT2D eigenvalue weighted by Gasteiger charge is 2.36. The molecular weight excluding hydrogens is 993 g/mol. The highest BCUT2D eigenvalue weighted by molar-refractivity contribution is 5.99. The molecule has 0 radical (unpaired) electrons. The van der Waals surface area contributed by atoms with Gasteiger partial charge in [-0.15, -0.1) is 0 Å². The molecule has 25 nitrogen and oxygen atoms in total. The topological polar surface area (TPSA) is 427 Å². The number of guanidine groups is 2. The summed E-state index contributed by atoms with van der Waals surface area (Å²) in [5, 5.41) is 30.6. The largest absolute Gasteiger partial charge is 0.391 e. The van der Waals surface area contributed by atoms with Crippen molar-refractivity contribution in [3.8, 4) is 0 Å². The Hall–Kier alpha value is -8.22. The third-order valence-corrected chi connectivity index (χ3v) is 13.1. The first-order valence-electron chi connectivity index (χ1n) is 26.2. The Balaban J connectivity index is 1.48. The molecule has 0 aliphatic carbocycles. The van der Waals surface area contributed by atoms with Crippen molar-refractivity contribution in [1.82, 2.24) is 47.2 Å². The highest BCUT2D eigenvalue weighted by Crippen LogP contribution is 2.22. The maximum atomic E-state index is 14.9. The van der Waals surface area contributed by atoms with Crippen molar-refractivity contribution >= 4 is 81.0 Å². The number of nitrogens with zero attached hydrogens (tertiary/aromatic N) is 2. The van der Waals surface area contributed by atoms with Gasteiger partial charge in [-0.05, 0) is 55.9 Å². The van der Waals surface area contributed by atoms with E-state index >= 15 is 0 Å². The van der Waals surface area contributed by atoms with Crippen LogP contribution in [-0.2, 0) is 51.2 Å². The zero-order chi connectivity index (χ0) is 55.9. The minimum atomic E-state index is -1.73. The van der Waals surface area contributed by atoms with E-state index in [1.165, 1.54) is 6.92 Å². The Labute approximate surface area is 446 Å². The molecule has 2 aromatic carbocycles. The van der Waals surface area contributed by atoms with E-state index < -0.39 is 103 Å². The van der Waals surface area contributed by atoms with Gasteiger partial charge in [-0.1, -0.05) is 81.3 Å². The molecule has 0 saturated carbocycles. The molecule has 77 heavy (non-hydrogen) atoms. The molecule has 5 rings (SSSR count). The van der Waals surface area contributed by atoms with E-state index in [9.17, 15) is 43.5 Å². The van der Waals surface area contributed by atoms with Crippen LogP contribution < -0.4 is 65.9 Å². The molecule has 1 unspecified atom stereocenters. The van der Waals surface area contributed by atoms with E-state index in [2.05, 4.69) is 57.2 Å². The number of carbonyl (C=O) groups is 8. The number of aromatic amines is 2. The number of aliphatic hydroxyl groups is 1. The number of carbonyl (C=O) groups excluding carboxylic acids is 8. The van der Waals surface area contributed by atoms with Crippen molar-refractivity contribution < 1.29 is 43.5 Å². The van der Waals surface area contributed by atoms with Crippen molar-refractivity contribution in [2.75, 3.05) is 19.6 Å². The molecule has 4 aromatic rings. The van der Waals surface area contributed by atoms with E-state index in [1.807, 2.05) is 42.5 Å². The summed E-state index contributed by atoms with van der Waals surface area (Å²) in [6.07, 6.45) is 8.90. The summed E-state index contributed by atoms with van der Waals surface area (Å²) in [4.78, 5) is 127. The number of amides is 8. The van der Waals surface area contributed by atoms with Gasteiger partial charge in [0.1, 0.15) is 36.3 Å². The molecule has 7 atom stereocenters. The lowest BCUT2D eigenvalue weighted by Crippen LogP contribution is -2.61. The summed E-state index contributed by atoms with van der Waals surface area (Å²) in [6.45, 7) is 1.24. The van der Waals surface area contributed by atoms with Gasteiger partial charge in [0.15, 0.2) is 11.9 Å². The van der Waals surface area contributed by atoms with Gasteiger partial charge in [-0.2, -0.15) is 0 Å². The normalized spacial score (nSPS) is 20.4. The lowest BCUT2D eigenvalue weighted by atomic mass is 10.0. The predicted octanol–water partition coefficient (Wildman–Crippen LogP) is -1.04. The average molecular weight is 1070 g/mol. The van der Waals surface area contributed by atoms with E-state index in [1.54, 1.807) is 18.5 Å². The van der Waals surface area contributed by atoms with Crippen LogP contribution in [-0.4, -0.2) is 136 Å². The zero-order valence-electron chi connectivity index (χ0n) is 43.5. The Morgan fingerprint density at radius 2 is 1.04 bits per heavy atom. The van der Waals surface area contributed by atoms with Crippen LogP contribution in [0.1, 0.15) is 102 Å². The summed E-state index contributed by atoms with van der Waals surface area (Å²) >= 11 is 0. The van der Waals surface area contributed by atoms with Gasteiger partial charge >= 0.3 is 0 Å². The number of aromatic nitrogens is 2. The number of unbranched alkanes of at least 4 members (excludes halogenated alkanes) is 8. The van der Waals surface area contributed by atoms with Crippen LogP contribution in [0, 0.1) is 0 Å². The number of fused-ring (bicyclic) bond motifs is 2. The van der Waals surface area contributed by atoms with Gasteiger partial charge < -0.3 is 81.0 Å². The summed E-state index contributed by atoms with van der Waals surface area (Å²) < 4.78 is 0. The molecule has 3 heterocycles. The molecule has 1 saturated heterocycles. The first-order chi connectivity index (χ1) is 36.9. The number of nitrogens with one attached hydrogen (secondary N) is 9. The van der Waals surface area contributed by atoms with Crippen molar-refractivity contribution in [3.63, 3.8) is 0 Å². The summed E-state index contributed by atoms with van der Waals surface area (Å²) in [5.74, 6) is -7.30. The summed E-state index contributed by atoms with van der Waals surface area (Å²) in [5.41, 5.74) is 30.1. The Morgan fingerprint density at radius 1 is 0.584 bits per heavy atom. The third-order valence-electron chi connectivity index (χ3n) is 13.1. The SMILES string of the molecule is C[C@@H](O)[C@H]1NC(=O)[C@@H](CC(N)=O)NC(=O)[C@@H](CCCN=C(N)N)NC(=O)[C@H](Cc2c[nH]c3ccccc23)NC(=O)[C@@H](Cc2c[nH]c3ccccc23)NC(=O)C(NC(=O)CCCCCCCCCCCN=C(N)N)CNC1=O. The summed E-state index contributed by atoms with van der Waals surface area (Å²) in [6, 6.07) is 5.31. The minimum Gasteiger partial charge on any atom is -0.391 e. The number of aliphatic imine (C=N–C) groups is 2. The van der Waals surface area contributed by atoms with Crippen LogP contribution in [0.15, 0.2) is 70.9 Å². The third kappa shape index (κ3) is 19.5. The number of H-pyrrole nitrogens is 2. The number of primary amides is 1.